The van der Waals surface area contributed by atoms with Gasteiger partial charge in [0.15, 0.2) is 0 Å². The van der Waals surface area contributed by atoms with Gasteiger partial charge in [-0.3, -0.25) is 4.68 Å². The fourth-order valence-electron chi connectivity index (χ4n) is 2.02. The molecule has 1 heterocycles. The molecule has 1 N–H and O–H groups in total. The molecule has 1 saturated carbocycles. The fraction of sp³-hybridized carbons (Fsp3) is 0.636. The minimum atomic E-state index is -0.874. The molecular formula is C11H16N2O2. The first-order valence-electron chi connectivity index (χ1n) is 5.33. The van der Waals surface area contributed by atoms with Gasteiger partial charge < -0.3 is 5.11 Å². The van der Waals surface area contributed by atoms with Crippen molar-refractivity contribution in [2.24, 2.45) is 18.9 Å². The molecular weight excluding hydrogens is 192 g/mol. The van der Waals surface area contributed by atoms with Gasteiger partial charge in [-0.1, -0.05) is 6.92 Å². The van der Waals surface area contributed by atoms with Gasteiger partial charge in [-0.05, 0) is 31.1 Å². The topological polar surface area (TPSA) is 55.1 Å². The molecule has 0 spiro atoms. The van der Waals surface area contributed by atoms with Crippen molar-refractivity contribution in [2.75, 3.05) is 0 Å². The maximum Gasteiger partial charge on any atom is 0.339 e. The lowest BCUT2D eigenvalue weighted by Gasteiger charge is -2.10. The van der Waals surface area contributed by atoms with E-state index in [1.165, 1.54) is 19.0 Å². The first kappa shape index (κ1) is 10.2. The molecule has 15 heavy (non-hydrogen) atoms. The molecule has 0 radical (unpaired) electrons. The quantitative estimate of drug-likeness (QED) is 0.819. The number of carboxylic acid groups (broad SMARTS) is 1. The number of nitrogens with zero attached hydrogens (tertiary/aromatic N) is 2. The normalized spacial score (nSPS) is 17.7. The molecule has 0 aliphatic heterocycles. The highest BCUT2D eigenvalue weighted by molar-refractivity contribution is 5.88. The zero-order valence-corrected chi connectivity index (χ0v) is 9.10. The lowest BCUT2D eigenvalue weighted by molar-refractivity contribution is 0.0695. The number of aryl methyl sites for hydroxylation is 1. The van der Waals surface area contributed by atoms with Crippen molar-refractivity contribution < 1.29 is 9.90 Å². The van der Waals surface area contributed by atoms with Crippen molar-refractivity contribution in [3.05, 3.63) is 17.5 Å². The van der Waals surface area contributed by atoms with Crippen LogP contribution in [-0.2, 0) is 13.5 Å². The standard InChI is InChI=1S/C11H16N2O2/c1-7(8-3-4-8)5-10-9(11(14)15)6-12-13(10)2/h6-8H,3-5H2,1-2H3,(H,14,15). The third-order valence-corrected chi connectivity index (χ3v) is 3.23. The summed E-state index contributed by atoms with van der Waals surface area (Å²) in [5, 5.41) is 13.0. The van der Waals surface area contributed by atoms with Gasteiger partial charge >= 0.3 is 5.97 Å². The molecule has 1 fully saturated rings. The Morgan fingerprint density at radius 2 is 2.40 bits per heavy atom. The van der Waals surface area contributed by atoms with E-state index < -0.39 is 5.97 Å². The van der Waals surface area contributed by atoms with E-state index in [0.717, 1.165) is 18.0 Å². The van der Waals surface area contributed by atoms with E-state index in [1.807, 2.05) is 0 Å². The Hall–Kier alpha value is -1.32. The molecule has 0 aromatic carbocycles. The maximum atomic E-state index is 10.9. The second-order valence-corrected chi connectivity index (χ2v) is 4.45. The van der Waals surface area contributed by atoms with Gasteiger partial charge in [-0.25, -0.2) is 4.79 Å². The Kier molecular flexibility index (Phi) is 2.50. The highest BCUT2D eigenvalue weighted by atomic mass is 16.4. The smallest absolute Gasteiger partial charge is 0.339 e. The van der Waals surface area contributed by atoms with E-state index in [4.69, 9.17) is 5.11 Å². The Morgan fingerprint density at radius 3 is 2.93 bits per heavy atom. The summed E-state index contributed by atoms with van der Waals surface area (Å²) in [6.07, 6.45) is 4.85. The van der Waals surface area contributed by atoms with Gasteiger partial charge in [0.05, 0.1) is 11.9 Å². The molecule has 1 aliphatic carbocycles. The molecule has 1 atom stereocenters. The van der Waals surface area contributed by atoms with Gasteiger partial charge in [0.2, 0.25) is 0 Å². The second kappa shape index (κ2) is 3.68. The van der Waals surface area contributed by atoms with E-state index in [9.17, 15) is 4.79 Å². The highest BCUT2D eigenvalue weighted by Gasteiger charge is 2.29. The number of hydrogen-bond acceptors (Lipinski definition) is 2. The first-order chi connectivity index (χ1) is 7.09. The molecule has 2 rings (SSSR count). The summed E-state index contributed by atoms with van der Waals surface area (Å²) in [6, 6.07) is 0. The minimum Gasteiger partial charge on any atom is -0.478 e. The Labute approximate surface area is 88.9 Å². The largest absolute Gasteiger partial charge is 0.478 e. The average Bonchev–Trinajstić information content (AvgIpc) is 2.94. The fourth-order valence-corrected chi connectivity index (χ4v) is 2.02. The summed E-state index contributed by atoms with van der Waals surface area (Å²) in [4.78, 5) is 10.9. The molecule has 1 aromatic rings. The Bertz CT molecular complexity index is 380. The zero-order chi connectivity index (χ0) is 11.0. The van der Waals surface area contributed by atoms with Crippen LogP contribution >= 0.6 is 0 Å². The lowest BCUT2D eigenvalue weighted by atomic mass is 9.98. The highest BCUT2D eigenvalue weighted by Crippen LogP contribution is 2.38. The Balaban J connectivity index is 2.17. The first-order valence-corrected chi connectivity index (χ1v) is 5.33. The molecule has 1 unspecified atom stereocenters. The van der Waals surface area contributed by atoms with Crippen molar-refractivity contribution in [3.63, 3.8) is 0 Å². The van der Waals surface area contributed by atoms with Gasteiger partial charge in [-0.2, -0.15) is 5.10 Å². The number of rotatable bonds is 4. The van der Waals surface area contributed by atoms with Crippen LogP contribution in [0, 0.1) is 11.8 Å². The summed E-state index contributed by atoms with van der Waals surface area (Å²) < 4.78 is 1.68. The zero-order valence-electron chi connectivity index (χ0n) is 9.10. The lowest BCUT2D eigenvalue weighted by Crippen LogP contribution is -2.10. The van der Waals surface area contributed by atoms with Crippen LogP contribution in [0.3, 0.4) is 0 Å². The molecule has 4 heteroatoms. The molecule has 0 amide bonds. The number of carbonyl (C=O) groups is 1. The minimum absolute atomic E-state index is 0.352. The molecule has 4 nitrogen and oxygen atoms in total. The van der Waals surface area contributed by atoms with Crippen LogP contribution in [-0.4, -0.2) is 20.9 Å². The third-order valence-electron chi connectivity index (χ3n) is 3.23. The predicted molar refractivity (Wildman–Crippen MR) is 55.8 cm³/mol. The monoisotopic (exact) mass is 208 g/mol. The van der Waals surface area contributed by atoms with Crippen LogP contribution in [0.5, 0.6) is 0 Å². The van der Waals surface area contributed by atoms with Crippen LogP contribution in [0.1, 0.15) is 35.8 Å². The van der Waals surface area contributed by atoms with Crippen LogP contribution in [0.4, 0.5) is 0 Å². The van der Waals surface area contributed by atoms with Gasteiger partial charge in [0.25, 0.3) is 0 Å². The summed E-state index contributed by atoms with van der Waals surface area (Å²) in [5.41, 5.74) is 1.20. The van der Waals surface area contributed by atoms with Crippen molar-refractivity contribution in [3.8, 4) is 0 Å². The maximum absolute atomic E-state index is 10.9. The number of aromatic nitrogens is 2. The third kappa shape index (κ3) is 2.03. The van der Waals surface area contributed by atoms with Crippen LogP contribution in [0.25, 0.3) is 0 Å². The summed E-state index contributed by atoms with van der Waals surface area (Å²) >= 11 is 0. The van der Waals surface area contributed by atoms with E-state index in [-0.39, 0.29) is 0 Å². The Morgan fingerprint density at radius 1 is 1.73 bits per heavy atom. The molecule has 1 aromatic heterocycles. The van der Waals surface area contributed by atoms with Crippen molar-refractivity contribution in [1.29, 1.82) is 0 Å². The average molecular weight is 208 g/mol. The number of carboxylic acids is 1. The summed E-state index contributed by atoms with van der Waals surface area (Å²) in [5.74, 6) is 0.487. The van der Waals surface area contributed by atoms with E-state index in [1.54, 1.807) is 11.7 Å². The van der Waals surface area contributed by atoms with Gasteiger partial charge in [-0.15, -0.1) is 0 Å². The summed E-state index contributed by atoms with van der Waals surface area (Å²) in [6.45, 7) is 2.19. The van der Waals surface area contributed by atoms with Crippen molar-refractivity contribution >= 4 is 5.97 Å². The van der Waals surface area contributed by atoms with E-state index >= 15 is 0 Å². The number of hydrogen-bond donors (Lipinski definition) is 1. The van der Waals surface area contributed by atoms with Crippen LogP contribution < -0.4 is 0 Å². The van der Waals surface area contributed by atoms with E-state index in [2.05, 4.69) is 12.0 Å². The van der Waals surface area contributed by atoms with Gasteiger partial charge in [0, 0.05) is 7.05 Å². The van der Waals surface area contributed by atoms with Crippen molar-refractivity contribution in [2.45, 2.75) is 26.2 Å². The van der Waals surface area contributed by atoms with E-state index in [0.29, 0.717) is 11.5 Å². The molecule has 0 saturated heterocycles. The number of aromatic carboxylic acids is 1. The van der Waals surface area contributed by atoms with Crippen molar-refractivity contribution in [1.82, 2.24) is 9.78 Å². The summed E-state index contributed by atoms with van der Waals surface area (Å²) in [7, 11) is 1.81. The SMILES string of the molecule is CC(Cc1c(C(=O)O)cnn1C)C1CC1. The molecule has 1 aliphatic rings. The molecule has 0 bridgehead atoms. The van der Waals surface area contributed by atoms with Crippen LogP contribution in [0.15, 0.2) is 6.20 Å². The second-order valence-electron chi connectivity index (χ2n) is 4.45. The molecule has 82 valence electrons. The predicted octanol–water partition coefficient (Wildman–Crippen LogP) is 1.71. The van der Waals surface area contributed by atoms with Gasteiger partial charge in [0.1, 0.15) is 5.56 Å². The van der Waals surface area contributed by atoms with Crippen LogP contribution in [0.2, 0.25) is 0 Å².